The number of rotatable bonds is 5. The molecule has 0 aliphatic heterocycles. The number of halogens is 1. The first-order valence-corrected chi connectivity index (χ1v) is 6.74. The van der Waals surface area contributed by atoms with Gasteiger partial charge in [-0.05, 0) is 30.7 Å². The summed E-state index contributed by atoms with van der Waals surface area (Å²) >= 11 is 6.07. The minimum atomic E-state index is -0.449. The van der Waals surface area contributed by atoms with Crippen molar-refractivity contribution >= 4 is 23.0 Å². The van der Waals surface area contributed by atoms with Gasteiger partial charge in [0.15, 0.2) is 0 Å². The molecule has 5 nitrogen and oxygen atoms in total. The normalized spacial score (nSPS) is 11.8. The number of nitro benzene ring substituents is 1. The summed E-state index contributed by atoms with van der Waals surface area (Å²) < 4.78 is 5.11. The summed E-state index contributed by atoms with van der Waals surface area (Å²) in [6.07, 6.45) is 0. The molecule has 21 heavy (non-hydrogen) atoms. The van der Waals surface area contributed by atoms with E-state index in [2.05, 4.69) is 5.32 Å². The van der Waals surface area contributed by atoms with Crippen LogP contribution in [0.3, 0.4) is 0 Å². The van der Waals surface area contributed by atoms with E-state index in [1.807, 2.05) is 31.2 Å². The fourth-order valence-electron chi connectivity index (χ4n) is 2.00. The summed E-state index contributed by atoms with van der Waals surface area (Å²) in [6, 6.07) is 12.0. The Morgan fingerprint density at radius 1 is 1.24 bits per heavy atom. The lowest BCUT2D eigenvalue weighted by atomic mass is 10.1. The number of nitrogens with one attached hydrogen (secondary N) is 1. The van der Waals surface area contributed by atoms with Crippen LogP contribution in [-0.4, -0.2) is 12.0 Å². The number of para-hydroxylation sites is 1. The zero-order chi connectivity index (χ0) is 15.4. The molecule has 6 heteroatoms. The molecule has 2 aromatic rings. The van der Waals surface area contributed by atoms with Crippen molar-refractivity contribution in [3.05, 3.63) is 63.2 Å². The molecule has 2 rings (SSSR count). The molecule has 1 N–H and O–H groups in total. The zero-order valence-electron chi connectivity index (χ0n) is 11.7. The van der Waals surface area contributed by atoms with Gasteiger partial charge in [-0.3, -0.25) is 10.1 Å². The highest BCUT2D eigenvalue weighted by molar-refractivity contribution is 6.33. The van der Waals surface area contributed by atoms with Crippen molar-refractivity contribution < 1.29 is 9.66 Å². The van der Waals surface area contributed by atoms with Crippen LogP contribution in [0.4, 0.5) is 11.4 Å². The highest BCUT2D eigenvalue weighted by atomic mass is 35.5. The van der Waals surface area contributed by atoms with Crippen LogP contribution in [0.2, 0.25) is 5.02 Å². The van der Waals surface area contributed by atoms with Gasteiger partial charge in [0.25, 0.3) is 5.69 Å². The second kappa shape index (κ2) is 6.45. The van der Waals surface area contributed by atoms with Crippen molar-refractivity contribution in [1.82, 2.24) is 0 Å². The Kier molecular flexibility index (Phi) is 4.65. The molecule has 0 saturated carbocycles. The number of methoxy groups -OCH3 is 1. The van der Waals surface area contributed by atoms with E-state index >= 15 is 0 Å². The van der Waals surface area contributed by atoms with Crippen LogP contribution < -0.4 is 10.1 Å². The van der Waals surface area contributed by atoms with E-state index in [9.17, 15) is 10.1 Å². The van der Waals surface area contributed by atoms with Gasteiger partial charge >= 0.3 is 0 Å². The highest BCUT2D eigenvalue weighted by Crippen LogP contribution is 2.34. The molecular formula is C15H15ClN2O3. The quantitative estimate of drug-likeness (QED) is 0.655. The molecule has 110 valence electrons. The van der Waals surface area contributed by atoms with Gasteiger partial charge in [-0.2, -0.15) is 0 Å². The average molecular weight is 307 g/mol. The maximum Gasteiger partial charge on any atom is 0.293 e. The largest absolute Gasteiger partial charge is 0.497 e. The first-order chi connectivity index (χ1) is 10.0. The van der Waals surface area contributed by atoms with E-state index in [4.69, 9.17) is 16.3 Å². The second-order valence-electron chi connectivity index (χ2n) is 4.53. The van der Waals surface area contributed by atoms with Gasteiger partial charge < -0.3 is 10.1 Å². The Labute approximate surface area is 127 Å². The summed E-state index contributed by atoms with van der Waals surface area (Å²) in [4.78, 5) is 10.6. The summed E-state index contributed by atoms with van der Waals surface area (Å²) in [5.41, 5.74) is 1.26. The van der Waals surface area contributed by atoms with Crippen molar-refractivity contribution in [3.8, 4) is 5.75 Å². The topological polar surface area (TPSA) is 64.4 Å². The van der Waals surface area contributed by atoms with Crippen LogP contribution in [-0.2, 0) is 0 Å². The predicted octanol–water partition coefficient (Wildman–Crippen LogP) is 4.43. The molecule has 0 radical (unpaired) electrons. The standard InChI is InChI=1S/C15H15ClN2O3/c1-10(11-6-8-12(21-2)9-7-11)17-15-13(16)4-3-5-14(15)18(19)20/h3-10,17H,1-2H3. The molecule has 0 aromatic heterocycles. The number of anilines is 1. The van der Waals surface area contributed by atoms with Gasteiger partial charge in [0.05, 0.1) is 17.1 Å². The smallest absolute Gasteiger partial charge is 0.293 e. The third kappa shape index (κ3) is 3.44. The van der Waals surface area contributed by atoms with Gasteiger partial charge in [-0.25, -0.2) is 0 Å². The van der Waals surface area contributed by atoms with Crippen LogP contribution in [0.15, 0.2) is 42.5 Å². The Balaban J connectivity index is 2.26. The molecule has 0 aliphatic rings. The van der Waals surface area contributed by atoms with E-state index in [1.165, 1.54) is 6.07 Å². The number of nitro groups is 1. The number of nitrogens with zero attached hydrogens (tertiary/aromatic N) is 1. The summed E-state index contributed by atoms with van der Waals surface area (Å²) in [5, 5.41) is 14.5. The Morgan fingerprint density at radius 2 is 1.90 bits per heavy atom. The maximum atomic E-state index is 11.1. The highest BCUT2D eigenvalue weighted by Gasteiger charge is 2.18. The third-order valence-corrected chi connectivity index (χ3v) is 3.48. The maximum absolute atomic E-state index is 11.1. The molecule has 0 heterocycles. The van der Waals surface area contributed by atoms with Crippen LogP contribution in [0, 0.1) is 10.1 Å². The zero-order valence-corrected chi connectivity index (χ0v) is 12.4. The van der Waals surface area contributed by atoms with Crippen LogP contribution in [0.25, 0.3) is 0 Å². The first kappa shape index (κ1) is 15.1. The number of hydrogen-bond donors (Lipinski definition) is 1. The van der Waals surface area contributed by atoms with Crippen molar-refractivity contribution in [2.45, 2.75) is 13.0 Å². The van der Waals surface area contributed by atoms with Crippen molar-refractivity contribution in [3.63, 3.8) is 0 Å². The van der Waals surface area contributed by atoms with Crippen molar-refractivity contribution in [2.75, 3.05) is 12.4 Å². The SMILES string of the molecule is COc1ccc(C(C)Nc2c(Cl)cccc2[N+](=O)[O-])cc1. The second-order valence-corrected chi connectivity index (χ2v) is 4.94. The molecule has 0 fully saturated rings. The molecule has 0 aliphatic carbocycles. The first-order valence-electron chi connectivity index (χ1n) is 6.36. The monoisotopic (exact) mass is 306 g/mol. The lowest BCUT2D eigenvalue weighted by Crippen LogP contribution is -2.08. The van der Waals surface area contributed by atoms with Crippen LogP contribution in [0.5, 0.6) is 5.75 Å². The summed E-state index contributed by atoms with van der Waals surface area (Å²) in [6.45, 7) is 1.91. The van der Waals surface area contributed by atoms with E-state index in [-0.39, 0.29) is 11.7 Å². The predicted molar refractivity (Wildman–Crippen MR) is 83.1 cm³/mol. The van der Waals surface area contributed by atoms with Crippen LogP contribution >= 0.6 is 11.6 Å². The van der Waals surface area contributed by atoms with E-state index in [0.717, 1.165) is 11.3 Å². The third-order valence-electron chi connectivity index (χ3n) is 3.16. The minimum absolute atomic E-state index is 0.0390. The van der Waals surface area contributed by atoms with E-state index in [1.54, 1.807) is 19.2 Å². The Hall–Kier alpha value is -2.27. The average Bonchev–Trinajstić information content (AvgIpc) is 2.49. The molecule has 0 saturated heterocycles. The molecule has 0 bridgehead atoms. The van der Waals surface area contributed by atoms with E-state index in [0.29, 0.717) is 10.7 Å². The lowest BCUT2D eigenvalue weighted by Gasteiger charge is -2.17. The summed E-state index contributed by atoms with van der Waals surface area (Å²) in [5.74, 6) is 0.759. The summed E-state index contributed by atoms with van der Waals surface area (Å²) in [7, 11) is 1.60. The van der Waals surface area contributed by atoms with Gasteiger partial charge in [-0.15, -0.1) is 0 Å². The van der Waals surface area contributed by atoms with Crippen molar-refractivity contribution in [2.24, 2.45) is 0 Å². The number of ether oxygens (including phenoxy) is 1. The molecule has 1 atom stereocenters. The van der Waals surface area contributed by atoms with Gasteiger partial charge in [0.1, 0.15) is 11.4 Å². The van der Waals surface area contributed by atoms with Crippen LogP contribution in [0.1, 0.15) is 18.5 Å². The van der Waals surface area contributed by atoms with Gasteiger partial charge in [0.2, 0.25) is 0 Å². The fourth-order valence-corrected chi connectivity index (χ4v) is 2.22. The molecular weight excluding hydrogens is 292 g/mol. The molecule has 1 unspecified atom stereocenters. The number of benzene rings is 2. The van der Waals surface area contributed by atoms with E-state index < -0.39 is 4.92 Å². The Morgan fingerprint density at radius 3 is 2.48 bits per heavy atom. The van der Waals surface area contributed by atoms with Crippen molar-refractivity contribution in [1.29, 1.82) is 0 Å². The fraction of sp³-hybridized carbons (Fsp3) is 0.200. The lowest BCUT2D eigenvalue weighted by molar-refractivity contribution is -0.384. The molecule has 2 aromatic carbocycles. The minimum Gasteiger partial charge on any atom is -0.497 e. The Bertz CT molecular complexity index is 644. The molecule has 0 spiro atoms. The van der Waals surface area contributed by atoms with Gasteiger partial charge in [-0.1, -0.05) is 29.8 Å². The van der Waals surface area contributed by atoms with Gasteiger partial charge in [0, 0.05) is 12.1 Å². The molecule has 0 amide bonds. The number of hydrogen-bond acceptors (Lipinski definition) is 4.